The molecule has 0 saturated carbocycles. The van der Waals surface area contributed by atoms with Crippen molar-refractivity contribution in [3.8, 4) is 0 Å². The van der Waals surface area contributed by atoms with Gasteiger partial charge in [0.25, 0.3) is 5.91 Å². The van der Waals surface area contributed by atoms with Crippen LogP contribution in [0.15, 0.2) is 12.1 Å². The molecule has 0 aromatic heterocycles. The van der Waals surface area contributed by atoms with Crippen LogP contribution < -0.4 is 15.7 Å². The number of nitrogens with one attached hydrogen (secondary N) is 2. The maximum Gasteiger partial charge on any atom is 0.336 e. The number of aromatic carboxylic acids is 2. The topological polar surface area (TPSA) is 139 Å². The molecule has 0 bridgehead atoms. The minimum absolute atomic E-state index is 0.329. The quantitative estimate of drug-likeness (QED) is 0.534. The summed E-state index contributed by atoms with van der Waals surface area (Å²) in [7, 11) is 2.56. The van der Waals surface area contributed by atoms with Crippen molar-refractivity contribution < 1.29 is 29.7 Å². The molecule has 1 radical (unpaired) electrons. The highest BCUT2D eigenvalue weighted by atomic mass is 16.4. The molecule has 107 valence electrons. The fourth-order valence-corrected chi connectivity index (χ4v) is 1.60. The standard InChI is InChI=1S/C12H12N2O6/c1-13-9(15)5-3-8(12(19)20)6(10(16)14-2)4-7(5)11(17)18/h3-4,13H,1-2H3,(H,14,16)(H,17,18)(H,19,20)/q-1. The number of carboxylic acid groups (broad SMARTS) is 2. The average Bonchev–Trinajstić information content (AvgIpc) is 2.43. The average molecular weight is 280 g/mol. The maximum atomic E-state index is 11.6. The predicted octanol–water partition coefficient (Wildman–Crippen LogP) is -1.14. The molecule has 0 aliphatic carbocycles. The summed E-state index contributed by atoms with van der Waals surface area (Å²) >= 11 is 0. The van der Waals surface area contributed by atoms with Crippen LogP contribution in [-0.4, -0.2) is 42.2 Å². The van der Waals surface area contributed by atoms with E-state index in [0.29, 0.717) is 0 Å². The highest BCUT2D eigenvalue weighted by Gasteiger charge is 2.22. The van der Waals surface area contributed by atoms with Gasteiger partial charge in [-0.25, -0.2) is 9.59 Å². The largest absolute Gasteiger partial charge is 0.834 e. The number of hydrogen-bond acceptors (Lipinski definition) is 5. The normalized spacial score (nSPS) is 10.4. The van der Waals surface area contributed by atoms with Gasteiger partial charge in [0, 0.05) is 7.05 Å². The van der Waals surface area contributed by atoms with Crippen molar-refractivity contribution in [2.45, 2.75) is 0 Å². The molecule has 0 heterocycles. The third kappa shape index (κ3) is 2.92. The summed E-state index contributed by atoms with van der Waals surface area (Å²) in [6, 6.07) is 1.74. The summed E-state index contributed by atoms with van der Waals surface area (Å²) < 4.78 is 0. The van der Waals surface area contributed by atoms with Crippen LogP contribution >= 0.6 is 0 Å². The van der Waals surface area contributed by atoms with Crippen LogP contribution in [0.25, 0.3) is 0 Å². The van der Waals surface area contributed by atoms with Crippen LogP contribution in [0, 0.1) is 6.23 Å². The van der Waals surface area contributed by atoms with Gasteiger partial charge in [-0.3, -0.25) is 4.79 Å². The molecule has 0 saturated heterocycles. The minimum atomic E-state index is -1.44. The molecule has 8 heteroatoms. The van der Waals surface area contributed by atoms with Gasteiger partial charge < -0.3 is 26.0 Å². The summed E-state index contributed by atoms with van der Waals surface area (Å²) in [6.07, 6.45) is -0.756. The van der Waals surface area contributed by atoms with Crippen molar-refractivity contribution in [2.75, 3.05) is 14.1 Å². The van der Waals surface area contributed by atoms with Crippen LogP contribution in [0.4, 0.5) is 0 Å². The molecule has 20 heavy (non-hydrogen) atoms. The van der Waals surface area contributed by atoms with E-state index in [1.165, 1.54) is 14.1 Å². The Labute approximate surface area is 114 Å². The van der Waals surface area contributed by atoms with Crippen molar-refractivity contribution in [2.24, 2.45) is 0 Å². The van der Waals surface area contributed by atoms with Gasteiger partial charge in [0.1, 0.15) is 0 Å². The van der Waals surface area contributed by atoms with E-state index in [4.69, 9.17) is 10.2 Å². The second-order valence-electron chi connectivity index (χ2n) is 3.71. The summed E-state index contributed by atoms with van der Waals surface area (Å²) in [5.41, 5.74) is -1.56. The van der Waals surface area contributed by atoms with Crippen LogP contribution in [0.2, 0.25) is 0 Å². The molecule has 1 amide bonds. The minimum Gasteiger partial charge on any atom is -0.834 e. The number of carboxylic acids is 2. The fourth-order valence-electron chi connectivity index (χ4n) is 1.60. The van der Waals surface area contributed by atoms with Crippen molar-refractivity contribution in [1.29, 1.82) is 0 Å². The third-order valence-electron chi connectivity index (χ3n) is 2.56. The Kier molecular flexibility index (Phi) is 4.78. The van der Waals surface area contributed by atoms with Crippen LogP contribution in [0.1, 0.15) is 36.6 Å². The van der Waals surface area contributed by atoms with Crippen molar-refractivity contribution >= 4 is 17.8 Å². The zero-order valence-corrected chi connectivity index (χ0v) is 10.7. The number of amides is 1. The van der Waals surface area contributed by atoms with Crippen LogP contribution in [-0.2, 0) is 0 Å². The van der Waals surface area contributed by atoms with Crippen molar-refractivity contribution in [3.63, 3.8) is 0 Å². The summed E-state index contributed by atoms with van der Waals surface area (Å²) in [6.45, 7) is 0. The van der Waals surface area contributed by atoms with E-state index in [2.05, 4.69) is 10.6 Å². The number of carbonyl (C=O) groups is 3. The summed E-state index contributed by atoms with van der Waals surface area (Å²) in [5, 5.41) is 34.1. The van der Waals surface area contributed by atoms with Crippen LogP contribution in [0.5, 0.6) is 0 Å². The lowest BCUT2D eigenvalue weighted by molar-refractivity contribution is -0.350. The van der Waals surface area contributed by atoms with Gasteiger partial charge in [-0.05, 0) is 31.0 Å². The van der Waals surface area contributed by atoms with Crippen molar-refractivity contribution in [1.82, 2.24) is 10.6 Å². The molecule has 0 fully saturated rings. The number of hydrogen-bond donors (Lipinski definition) is 4. The SMILES string of the molecule is CN[C]([O-])c1cc(C(=O)O)c(C(=O)NC)cc1C(=O)O. The van der Waals surface area contributed by atoms with E-state index in [9.17, 15) is 19.5 Å². The van der Waals surface area contributed by atoms with E-state index >= 15 is 0 Å². The Balaban J connectivity index is 3.63. The Bertz CT molecular complexity index is 569. The molecule has 0 atom stereocenters. The molecule has 1 aromatic rings. The molecule has 1 aromatic carbocycles. The molecule has 0 spiro atoms. The van der Waals surface area contributed by atoms with E-state index in [-0.39, 0.29) is 11.1 Å². The Morgan fingerprint density at radius 2 is 1.35 bits per heavy atom. The third-order valence-corrected chi connectivity index (χ3v) is 2.56. The Morgan fingerprint density at radius 1 is 0.900 bits per heavy atom. The second kappa shape index (κ2) is 6.13. The smallest absolute Gasteiger partial charge is 0.336 e. The van der Waals surface area contributed by atoms with E-state index in [0.717, 1.165) is 12.1 Å². The van der Waals surface area contributed by atoms with Gasteiger partial charge in [0.05, 0.1) is 16.7 Å². The molecule has 1 rings (SSSR count). The Hall–Kier alpha value is -2.45. The molecule has 0 aliphatic heterocycles. The lowest BCUT2D eigenvalue weighted by atomic mass is 9.96. The second-order valence-corrected chi connectivity index (χ2v) is 3.71. The van der Waals surface area contributed by atoms with Gasteiger partial charge in [-0.15, -0.1) is 0 Å². The van der Waals surface area contributed by atoms with E-state index < -0.39 is 35.2 Å². The maximum absolute atomic E-state index is 11.6. The zero-order chi connectivity index (χ0) is 15.4. The first-order chi connectivity index (χ1) is 9.33. The highest BCUT2D eigenvalue weighted by molar-refractivity contribution is 6.07. The first-order valence-electron chi connectivity index (χ1n) is 5.42. The van der Waals surface area contributed by atoms with Crippen LogP contribution in [0.3, 0.4) is 0 Å². The lowest BCUT2D eigenvalue weighted by Gasteiger charge is -2.24. The fraction of sp³-hybridized carbons (Fsp3) is 0.167. The van der Waals surface area contributed by atoms with E-state index in [1.54, 1.807) is 0 Å². The van der Waals surface area contributed by atoms with Gasteiger partial charge >= 0.3 is 11.9 Å². The number of rotatable bonds is 5. The number of benzene rings is 1. The van der Waals surface area contributed by atoms with Gasteiger partial charge in [0.15, 0.2) is 0 Å². The van der Waals surface area contributed by atoms with Crippen molar-refractivity contribution in [3.05, 3.63) is 40.6 Å². The molecular formula is C12H12N2O6-. The van der Waals surface area contributed by atoms with Gasteiger partial charge in [-0.2, -0.15) is 0 Å². The zero-order valence-electron chi connectivity index (χ0n) is 10.7. The van der Waals surface area contributed by atoms with Gasteiger partial charge in [-0.1, -0.05) is 0 Å². The molecular weight excluding hydrogens is 268 g/mol. The first kappa shape index (κ1) is 15.6. The van der Waals surface area contributed by atoms with Gasteiger partial charge in [0.2, 0.25) is 0 Å². The monoisotopic (exact) mass is 280 g/mol. The molecule has 4 N–H and O–H groups in total. The molecule has 0 aliphatic rings. The highest BCUT2D eigenvalue weighted by Crippen LogP contribution is 2.21. The molecule has 0 unspecified atom stereocenters. The summed E-state index contributed by atoms with van der Waals surface area (Å²) in [5.74, 6) is -3.63. The summed E-state index contributed by atoms with van der Waals surface area (Å²) in [4.78, 5) is 33.9. The predicted molar refractivity (Wildman–Crippen MR) is 65.2 cm³/mol. The lowest BCUT2D eigenvalue weighted by Crippen LogP contribution is -2.32. The van der Waals surface area contributed by atoms with E-state index in [1.807, 2.05) is 0 Å². The first-order valence-corrected chi connectivity index (χ1v) is 5.42. The molecule has 8 nitrogen and oxygen atoms in total. The number of carbonyl (C=O) groups excluding carboxylic acids is 1. The Morgan fingerprint density at radius 3 is 1.75 bits per heavy atom.